The molecule has 0 aliphatic carbocycles. The molecule has 12 heteroatoms. The average molecular weight is 444 g/mol. The Labute approximate surface area is 170 Å². The van der Waals surface area contributed by atoms with Gasteiger partial charge >= 0.3 is 12.4 Å². The predicted octanol–water partition coefficient (Wildman–Crippen LogP) is 1.83. The summed E-state index contributed by atoms with van der Waals surface area (Å²) in [5.74, 6) is -1.31. The summed E-state index contributed by atoms with van der Waals surface area (Å²) in [6.45, 7) is -0.829. The normalized spacial score (nSPS) is 23.9. The monoisotopic (exact) mass is 444 g/mol. The van der Waals surface area contributed by atoms with Gasteiger partial charge in [-0.05, 0) is 38.8 Å². The van der Waals surface area contributed by atoms with Crippen molar-refractivity contribution in [1.82, 2.24) is 20.4 Å². The van der Waals surface area contributed by atoms with E-state index in [1.807, 2.05) is 10.6 Å². The van der Waals surface area contributed by atoms with Gasteiger partial charge in [0.05, 0.1) is 12.1 Å². The van der Waals surface area contributed by atoms with Crippen LogP contribution < -0.4 is 10.6 Å². The van der Waals surface area contributed by atoms with Crippen molar-refractivity contribution in [1.29, 1.82) is 0 Å². The van der Waals surface area contributed by atoms with Crippen LogP contribution in [0.5, 0.6) is 0 Å². The zero-order valence-electron chi connectivity index (χ0n) is 16.4. The largest absolute Gasteiger partial charge is 0.405 e. The highest BCUT2D eigenvalue weighted by molar-refractivity contribution is 5.82. The maximum absolute atomic E-state index is 12.3. The zero-order chi connectivity index (χ0) is 22.4. The lowest BCUT2D eigenvalue weighted by molar-refractivity contribution is -0.140. The Morgan fingerprint density at radius 3 is 1.47 bits per heavy atom. The van der Waals surface area contributed by atoms with Crippen molar-refractivity contribution in [3.8, 4) is 0 Å². The Balaban J connectivity index is 1.77. The number of rotatable bonds is 8. The van der Waals surface area contributed by atoms with E-state index in [0.717, 1.165) is 0 Å². The first-order chi connectivity index (χ1) is 14.0. The van der Waals surface area contributed by atoms with Gasteiger partial charge in [0.25, 0.3) is 0 Å². The van der Waals surface area contributed by atoms with Crippen molar-refractivity contribution in [2.45, 2.75) is 50.1 Å². The lowest BCUT2D eigenvalue weighted by Gasteiger charge is -2.24. The highest BCUT2D eigenvalue weighted by Gasteiger charge is 2.35. The molecule has 2 unspecified atom stereocenters. The Kier molecular flexibility index (Phi) is 8.53. The molecule has 2 aliphatic heterocycles. The maximum Gasteiger partial charge on any atom is 0.405 e. The number of nitrogens with zero attached hydrogens (tertiary/aromatic N) is 2. The SMILES string of the molecule is O=C(NCC(F)(F)F)C1CCCN1C/C=C/CN1CCCC1C(=O)NCC(F)(F)F. The molecule has 2 amide bonds. The van der Waals surface area contributed by atoms with Gasteiger partial charge in [0.1, 0.15) is 13.1 Å². The molecule has 0 radical (unpaired) electrons. The molecule has 0 saturated carbocycles. The fourth-order valence-electron chi connectivity index (χ4n) is 3.71. The smallest absolute Gasteiger partial charge is 0.346 e. The second-order valence-corrected chi connectivity index (χ2v) is 7.44. The molecule has 2 atom stereocenters. The van der Waals surface area contributed by atoms with Gasteiger partial charge in [-0.25, -0.2) is 0 Å². The zero-order valence-corrected chi connectivity index (χ0v) is 16.4. The second kappa shape index (κ2) is 10.5. The van der Waals surface area contributed by atoms with Crippen molar-refractivity contribution in [2.75, 3.05) is 39.3 Å². The van der Waals surface area contributed by atoms with Gasteiger partial charge in [0.15, 0.2) is 0 Å². The molecule has 2 aliphatic rings. The summed E-state index contributed by atoms with van der Waals surface area (Å²) in [6.07, 6.45) is -3.04. The Morgan fingerprint density at radius 2 is 1.13 bits per heavy atom. The summed E-state index contributed by atoms with van der Waals surface area (Å²) in [5, 5.41) is 3.82. The van der Waals surface area contributed by atoms with Crippen LogP contribution in [0.2, 0.25) is 0 Å². The van der Waals surface area contributed by atoms with Crippen LogP contribution in [0, 0.1) is 0 Å². The highest BCUT2D eigenvalue weighted by atomic mass is 19.4. The van der Waals surface area contributed by atoms with Crippen LogP contribution in [-0.2, 0) is 9.59 Å². The third-order valence-electron chi connectivity index (χ3n) is 5.11. The molecule has 2 N–H and O–H groups in total. The second-order valence-electron chi connectivity index (χ2n) is 7.44. The van der Waals surface area contributed by atoms with Crippen LogP contribution in [0.25, 0.3) is 0 Å². The maximum atomic E-state index is 12.3. The van der Waals surface area contributed by atoms with Gasteiger partial charge in [-0.2, -0.15) is 26.3 Å². The van der Waals surface area contributed by atoms with Gasteiger partial charge in [-0.1, -0.05) is 12.2 Å². The van der Waals surface area contributed by atoms with Gasteiger partial charge in [-0.3, -0.25) is 19.4 Å². The van der Waals surface area contributed by atoms with Gasteiger partial charge < -0.3 is 10.6 Å². The number of likely N-dealkylation sites (tertiary alicyclic amines) is 2. The Morgan fingerprint density at radius 1 is 0.767 bits per heavy atom. The number of carbonyl (C=O) groups excluding carboxylic acids is 2. The van der Waals surface area contributed by atoms with Crippen LogP contribution >= 0.6 is 0 Å². The minimum atomic E-state index is -4.46. The predicted molar refractivity (Wildman–Crippen MR) is 96.5 cm³/mol. The fraction of sp³-hybridized carbons (Fsp3) is 0.778. The van der Waals surface area contributed by atoms with Crippen molar-refractivity contribution in [3.05, 3.63) is 12.2 Å². The molecule has 2 fully saturated rings. The molecule has 0 spiro atoms. The number of halogens is 6. The summed E-state index contributed by atoms with van der Waals surface area (Å²) in [6, 6.07) is -1.24. The molecule has 2 heterocycles. The number of amides is 2. The molecule has 172 valence electrons. The first kappa shape index (κ1) is 24.4. The summed E-state index contributed by atoms with van der Waals surface area (Å²) >= 11 is 0. The first-order valence-electron chi connectivity index (χ1n) is 9.78. The number of alkyl halides is 6. The molecule has 0 bridgehead atoms. The quantitative estimate of drug-likeness (QED) is 0.443. The highest BCUT2D eigenvalue weighted by Crippen LogP contribution is 2.20. The number of hydrogen-bond donors (Lipinski definition) is 2. The summed E-state index contributed by atoms with van der Waals surface area (Å²) in [7, 11) is 0. The third-order valence-corrected chi connectivity index (χ3v) is 5.11. The number of hydrogen-bond acceptors (Lipinski definition) is 4. The molecular weight excluding hydrogens is 418 g/mol. The van der Waals surface area contributed by atoms with E-state index < -0.39 is 49.3 Å². The Hall–Kier alpha value is -1.82. The van der Waals surface area contributed by atoms with Gasteiger partial charge in [0.2, 0.25) is 11.8 Å². The molecule has 0 aromatic heterocycles. The summed E-state index contributed by atoms with van der Waals surface area (Å²) < 4.78 is 73.6. The van der Waals surface area contributed by atoms with Crippen molar-refractivity contribution in [3.63, 3.8) is 0 Å². The number of carbonyl (C=O) groups is 2. The third kappa shape index (κ3) is 8.13. The molecule has 6 nitrogen and oxygen atoms in total. The van der Waals surface area contributed by atoms with Crippen LogP contribution in [0.3, 0.4) is 0 Å². The summed E-state index contributed by atoms with van der Waals surface area (Å²) in [5.41, 5.74) is 0. The van der Waals surface area contributed by atoms with E-state index in [0.29, 0.717) is 51.9 Å². The standard InChI is InChI=1S/C18H26F6N4O2/c19-17(20,21)11-25-15(29)13-5-3-9-27(13)7-1-2-8-28-10-4-6-14(28)16(30)26-12-18(22,23)24/h1-2,13-14H,3-12H2,(H,25,29)(H,26,30)/b2-1+. The molecule has 2 saturated heterocycles. The van der Waals surface area contributed by atoms with Crippen LogP contribution in [0.15, 0.2) is 12.2 Å². The average Bonchev–Trinajstić information content (AvgIpc) is 3.29. The summed E-state index contributed by atoms with van der Waals surface area (Å²) in [4.78, 5) is 27.5. The van der Waals surface area contributed by atoms with Crippen molar-refractivity contribution < 1.29 is 35.9 Å². The molecule has 2 rings (SSSR count). The molecular formula is C18H26F6N4O2. The molecule has 0 aromatic carbocycles. The van der Waals surface area contributed by atoms with E-state index in [9.17, 15) is 35.9 Å². The van der Waals surface area contributed by atoms with E-state index in [4.69, 9.17) is 0 Å². The lowest BCUT2D eigenvalue weighted by atomic mass is 10.2. The first-order valence-corrected chi connectivity index (χ1v) is 9.78. The molecule has 30 heavy (non-hydrogen) atoms. The lowest BCUT2D eigenvalue weighted by Crippen LogP contribution is -2.46. The van der Waals surface area contributed by atoms with Gasteiger partial charge in [-0.15, -0.1) is 0 Å². The van der Waals surface area contributed by atoms with Crippen molar-refractivity contribution >= 4 is 11.8 Å². The van der Waals surface area contributed by atoms with Crippen LogP contribution in [0.1, 0.15) is 25.7 Å². The van der Waals surface area contributed by atoms with Crippen molar-refractivity contribution in [2.24, 2.45) is 0 Å². The van der Waals surface area contributed by atoms with E-state index in [-0.39, 0.29) is 0 Å². The van der Waals surface area contributed by atoms with E-state index in [2.05, 4.69) is 0 Å². The topological polar surface area (TPSA) is 64.7 Å². The fourth-order valence-corrected chi connectivity index (χ4v) is 3.71. The van der Waals surface area contributed by atoms with E-state index >= 15 is 0 Å². The van der Waals surface area contributed by atoms with Crippen LogP contribution in [0.4, 0.5) is 26.3 Å². The minimum Gasteiger partial charge on any atom is -0.346 e. The van der Waals surface area contributed by atoms with E-state index in [1.54, 1.807) is 22.0 Å². The minimum absolute atomic E-state index is 0.364. The number of nitrogens with one attached hydrogen (secondary N) is 2. The van der Waals surface area contributed by atoms with Crippen LogP contribution in [-0.4, -0.2) is 85.3 Å². The van der Waals surface area contributed by atoms with E-state index in [1.165, 1.54) is 0 Å². The van der Waals surface area contributed by atoms with Gasteiger partial charge in [0, 0.05) is 13.1 Å². The molecule has 0 aromatic rings. The Bertz CT molecular complexity index is 571.